The lowest BCUT2D eigenvalue weighted by Gasteiger charge is -2.25. The first-order chi connectivity index (χ1) is 8.43. The Kier molecular flexibility index (Phi) is 5.97. The number of rotatable bonds is 6. The Balaban J connectivity index is 2.87. The lowest BCUT2D eigenvalue weighted by Crippen LogP contribution is -2.27. The van der Waals surface area contributed by atoms with Crippen LogP contribution in [0, 0.1) is 5.92 Å². The lowest BCUT2D eigenvalue weighted by molar-refractivity contribution is 0.618. The van der Waals surface area contributed by atoms with Crippen molar-refractivity contribution in [3.05, 3.63) is 28.8 Å². The predicted molar refractivity (Wildman–Crippen MR) is 81.5 cm³/mol. The molecule has 0 aliphatic carbocycles. The highest BCUT2D eigenvalue weighted by Gasteiger charge is 2.10. The van der Waals surface area contributed by atoms with Gasteiger partial charge in [0.1, 0.15) is 0 Å². The van der Waals surface area contributed by atoms with Crippen molar-refractivity contribution in [2.75, 3.05) is 18.0 Å². The average Bonchev–Trinajstić information content (AvgIpc) is 2.28. The molecule has 102 valence electrons. The molecule has 0 saturated heterocycles. The fraction of sp³-hybridized carbons (Fsp3) is 0.600. The molecule has 2 nitrogen and oxygen atoms in total. The Morgan fingerprint density at radius 2 is 1.94 bits per heavy atom. The van der Waals surface area contributed by atoms with Gasteiger partial charge in [0.25, 0.3) is 0 Å². The molecule has 1 aromatic rings. The Morgan fingerprint density at radius 3 is 2.39 bits per heavy atom. The van der Waals surface area contributed by atoms with E-state index in [1.54, 1.807) is 0 Å². The molecule has 0 aliphatic rings. The third-order valence-electron chi connectivity index (χ3n) is 2.91. The summed E-state index contributed by atoms with van der Waals surface area (Å²) in [6.45, 7) is 10.7. The van der Waals surface area contributed by atoms with Crippen molar-refractivity contribution in [1.29, 1.82) is 0 Å². The smallest absolute Gasteiger partial charge is 0.0459 e. The monoisotopic (exact) mass is 268 g/mol. The highest BCUT2D eigenvalue weighted by molar-refractivity contribution is 6.31. The van der Waals surface area contributed by atoms with Crippen molar-refractivity contribution in [2.24, 2.45) is 11.7 Å². The van der Waals surface area contributed by atoms with Gasteiger partial charge in [0.2, 0.25) is 0 Å². The summed E-state index contributed by atoms with van der Waals surface area (Å²) in [4.78, 5) is 2.35. The van der Waals surface area contributed by atoms with E-state index in [-0.39, 0.29) is 6.04 Å². The van der Waals surface area contributed by atoms with Crippen LogP contribution in [0.1, 0.15) is 33.3 Å². The van der Waals surface area contributed by atoms with Gasteiger partial charge in [0.05, 0.1) is 0 Å². The number of hydrogen-bond acceptors (Lipinski definition) is 2. The molecule has 0 saturated carbocycles. The molecular weight excluding hydrogens is 244 g/mol. The van der Waals surface area contributed by atoms with Crippen LogP contribution < -0.4 is 10.6 Å². The van der Waals surface area contributed by atoms with E-state index in [1.807, 2.05) is 6.92 Å². The van der Waals surface area contributed by atoms with Crippen LogP contribution in [0.15, 0.2) is 18.2 Å². The van der Waals surface area contributed by atoms with Gasteiger partial charge in [-0.25, -0.2) is 0 Å². The summed E-state index contributed by atoms with van der Waals surface area (Å²) in [5, 5.41) is 0.826. The topological polar surface area (TPSA) is 29.3 Å². The summed E-state index contributed by atoms with van der Waals surface area (Å²) in [5.41, 5.74) is 8.15. The number of nitrogens with two attached hydrogens (primary N) is 1. The third kappa shape index (κ3) is 4.51. The van der Waals surface area contributed by atoms with Crippen LogP contribution in [-0.4, -0.2) is 19.1 Å². The molecule has 1 atom stereocenters. The van der Waals surface area contributed by atoms with Crippen molar-refractivity contribution in [2.45, 2.75) is 40.2 Å². The van der Waals surface area contributed by atoms with E-state index in [1.165, 1.54) is 5.69 Å². The fourth-order valence-corrected chi connectivity index (χ4v) is 2.36. The van der Waals surface area contributed by atoms with Gasteiger partial charge in [-0.2, -0.15) is 0 Å². The van der Waals surface area contributed by atoms with Crippen LogP contribution in [-0.2, 0) is 6.42 Å². The van der Waals surface area contributed by atoms with Crippen molar-refractivity contribution in [3.63, 3.8) is 0 Å². The average molecular weight is 269 g/mol. The van der Waals surface area contributed by atoms with Crippen LogP contribution in [0.25, 0.3) is 0 Å². The molecule has 0 aromatic heterocycles. The van der Waals surface area contributed by atoms with Crippen molar-refractivity contribution >= 4 is 17.3 Å². The quantitative estimate of drug-likeness (QED) is 0.852. The fourth-order valence-electron chi connectivity index (χ4n) is 2.10. The van der Waals surface area contributed by atoms with Gasteiger partial charge in [-0.05, 0) is 43.9 Å². The van der Waals surface area contributed by atoms with Crippen molar-refractivity contribution in [3.8, 4) is 0 Å². The number of nitrogens with zero attached hydrogens (tertiary/aromatic N) is 1. The maximum atomic E-state index is 6.33. The summed E-state index contributed by atoms with van der Waals surface area (Å²) in [6, 6.07) is 6.45. The summed E-state index contributed by atoms with van der Waals surface area (Å²) in [6.07, 6.45) is 0.829. The number of anilines is 1. The zero-order chi connectivity index (χ0) is 13.7. The molecule has 1 aromatic carbocycles. The van der Waals surface area contributed by atoms with Crippen LogP contribution in [0.5, 0.6) is 0 Å². The van der Waals surface area contributed by atoms with E-state index < -0.39 is 0 Å². The number of halogens is 1. The molecule has 3 heteroatoms. The third-order valence-corrected chi connectivity index (χ3v) is 3.26. The number of hydrogen-bond donors (Lipinski definition) is 1. The predicted octanol–water partition coefficient (Wildman–Crippen LogP) is 3.71. The van der Waals surface area contributed by atoms with Gasteiger partial charge in [-0.3, -0.25) is 0 Å². The Labute approximate surface area is 116 Å². The normalized spacial score (nSPS) is 12.8. The van der Waals surface area contributed by atoms with E-state index in [0.29, 0.717) is 5.92 Å². The highest BCUT2D eigenvalue weighted by atomic mass is 35.5. The molecule has 0 heterocycles. The molecule has 0 amide bonds. The maximum absolute atomic E-state index is 6.33. The first-order valence-corrected chi connectivity index (χ1v) is 7.10. The minimum Gasteiger partial charge on any atom is -0.372 e. The first-order valence-electron chi connectivity index (χ1n) is 6.73. The van der Waals surface area contributed by atoms with Gasteiger partial charge >= 0.3 is 0 Å². The zero-order valence-corrected chi connectivity index (χ0v) is 12.7. The van der Waals surface area contributed by atoms with E-state index in [0.717, 1.165) is 30.1 Å². The number of benzene rings is 1. The van der Waals surface area contributed by atoms with Crippen LogP contribution in [0.4, 0.5) is 5.69 Å². The van der Waals surface area contributed by atoms with Crippen LogP contribution in [0.3, 0.4) is 0 Å². The van der Waals surface area contributed by atoms with Gasteiger partial charge in [-0.1, -0.05) is 31.5 Å². The zero-order valence-electron chi connectivity index (χ0n) is 11.9. The lowest BCUT2D eigenvalue weighted by atomic mass is 10.1. The second kappa shape index (κ2) is 7.01. The van der Waals surface area contributed by atoms with E-state index in [2.05, 4.69) is 43.9 Å². The Bertz CT molecular complexity index is 375. The van der Waals surface area contributed by atoms with E-state index in [4.69, 9.17) is 17.3 Å². The molecule has 18 heavy (non-hydrogen) atoms. The van der Waals surface area contributed by atoms with Gasteiger partial charge in [-0.15, -0.1) is 0 Å². The van der Waals surface area contributed by atoms with Gasteiger partial charge in [0, 0.05) is 29.8 Å². The largest absolute Gasteiger partial charge is 0.372 e. The summed E-state index contributed by atoms with van der Waals surface area (Å²) in [7, 11) is 0. The standard InChI is InChI=1S/C15H25ClN2/c1-5-18(10-11(2)3)14-7-6-13(8-12(4)17)15(16)9-14/h6-7,9,11-12H,5,8,10,17H2,1-4H3. The van der Waals surface area contributed by atoms with Gasteiger partial charge < -0.3 is 10.6 Å². The van der Waals surface area contributed by atoms with Crippen LogP contribution >= 0.6 is 11.6 Å². The molecule has 0 bridgehead atoms. The minimum absolute atomic E-state index is 0.145. The second-order valence-corrected chi connectivity index (χ2v) is 5.80. The Hall–Kier alpha value is -0.730. The summed E-state index contributed by atoms with van der Waals surface area (Å²) >= 11 is 6.33. The van der Waals surface area contributed by atoms with Crippen molar-refractivity contribution in [1.82, 2.24) is 0 Å². The molecule has 2 N–H and O–H groups in total. The molecule has 0 radical (unpaired) electrons. The molecule has 1 rings (SSSR count). The first kappa shape index (κ1) is 15.3. The van der Waals surface area contributed by atoms with E-state index in [9.17, 15) is 0 Å². The van der Waals surface area contributed by atoms with Gasteiger partial charge in [0.15, 0.2) is 0 Å². The second-order valence-electron chi connectivity index (χ2n) is 5.39. The Morgan fingerprint density at radius 1 is 1.28 bits per heavy atom. The summed E-state index contributed by atoms with van der Waals surface area (Å²) in [5.74, 6) is 0.646. The molecular formula is C15H25ClN2. The van der Waals surface area contributed by atoms with Crippen molar-refractivity contribution < 1.29 is 0 Å². The highest BCUT2D eigenvalue weighted by Crippen LogP contribution is 2.25. The van der Waals surface area contributed by atoms with E-state index >= 15 is 0 Å². The molecule has 1 unspecified atom stereocenters. The molecule has 0 aliphatic heterocycles. The minimum atomic E-state index is 0.145. The molecule has 0 spiro atoms. The van der Waals surface area contributed by atoms with Crippen LogP contribution in [0.2, 0.25) is 5.02 Å². The SMILES string of the molecule is CCN(CC(C)C)c1ccc(CC(C)N)c(Cl)c1. The molecule has 0 fully saturated rings. The summed E-state index contributed by atoms with van der Waals surface area (Å²) < 4.78 is 0. The maximum Gasteiger partial charge on any atom is 0.0459 e.